The molecule has 0 fully saturated rings. The molecule has 0 aromatic carbocycles. The Labute approximate surface area is 218 Å². The summed E-state index contributed by atoms with van der Waals surface area (Å²) in [6.45, 7) is 2.31. The second-order valence-electron chi connectivity index (χ2n) is 9.02. The highest BCUT2D eigenvalue weighted by Gasteiger charge is 2.28. The molecule has 0 rings (SSSR count). The van der Waals surface area contributed by atoms with E-state index in [4.69, 9.17) is 24.4 Å². The third-order valence-corrected chi connectivity index (χ3v) is 7.03. The van der Waals surface area contributed by atoms with Gasteiger partial charge in [-0.1, -0.05) is 96.8 Å². The fourth-order valence-electron chi connectivity index (χ4n) is 3.64. The number of carbonyl (C=O) groups excluding carboxylic acids is 2. The average Bonchev–Trinajstić information content (AvgIpc) is 2.88. The fraction of sp³-hybridized carbons (Fsp3) is 0.920. The van der Waals surface area contributed by atoms with Gasteiger partial charge in [0, 0.05) is 13.0 Å². The summed E-state index contributed by atoms with van der Waals surface area (Å²) in [6.07, 6.45) is 18.2. The van der Waals surface area contributed by atoms with E-state index in [0.29, 0.717) is 13.0 Å². The van der Waals surface area contributed by atoms with E-state index in [-0.39, 0.29) is 32.3 Å². The van der Waals surface area contributed by atoms with E-state index >= 15 is 0 Å². The van der Waals surface area contributed by atoms with Crippen molar-refractivity contribution in [3.05, 3.63) is 0 Å². The molecule has 0 saturated carbocycles. The van der Waals surface area contributed by atoms with Crippen molar-refractivity contribution < 1.29 is 37.3 Å². The molecule has 0 amide bonds. The molecule has 0 aliphatic carbocycles. The standard InChI is InChI=1S/C25H51N2O8P/c1-3-4-5-6-7-8-9-10-11-12-13-14-15-16-17-18-25(29)31-21-24(32-23-28)22-34-36(30,35-26)33-20-19-27-2/h23-24,27H,3-22,26H2,1-2H3. The van der Waals surface area contributed by atoms with Crippen molar-refractivity contribution in [2.24, 2.45) is 5.90 Å². The number of rotatable bonds is 28. The van der Waals surface area contributed by atoms with Crippen molar-refractivity contribution in [3.8, 4) is 0 Å². The highest BCUT2D eigenvalue weighted by atomic mass is 31.2. The monoisotopic (exact) mass is 538 g/mol. The number of phosphoric acid groups is 1. The number of esters is 1. The Bertz CT molecular complexity index is 568. The predicted molar refractivity (Wildman–Crippen MR) is 140 cm³/mol. The van der Waals surface area contributed by atoms with Gasteiger partial charge >= 0.3 is 13.8 Å². The summed E-state index contributed by atoms with van der Waals surface area (Å²) in [5.41, 5.74) is 0. The Hall–Kier alpha value is -1.03. The van der Waals surface area contributed by atoms with Crippen LogP contribution in [0.3, 0.4) is 0 Å². The second-order valence-corrected chi connectivity index (χ2v) is 10.6. The van der Waals surface area contributed by atoms with Crippen LogP contribution in [0.1, 0.15) is 110 Å². The van der Waals surface area contributed by atoms with Crippen LogP contribution in [0.15, 0.2) is 0 Å². The molecule has 0 aliphatic heterocycles. The molecule has 0 saturated heterocycles. The quantitative estimate of drug-likeness (QED) is 0.0427. The van der Waals surface area contributed by atoms with Gasteiger partial charge in [-0.3, -0.25) is 18.6 Å². The van der Waals surface area contributed by atoms with Gasteiger partial charge in [-0.15, -0.1) is 0 Å². The summed E-state index contributed by atoms with van der Waals surface area (Å²) in [4.78, 5) is 22.7. The molecule has 0 heterocycles. The molecule has 11 heteroatoms. The third kappa shape index (κ3) is 22.2. The average molecular weight is 539 g/mol. The van der Waals surface area contributed by atoms with Crippen LogP contribution in [0.5, 0.6) is 0 Å². The first-order valence-electron chi connectivity index (χ1n) is 13.7. The van der Waals surface area contributed by atoms with Gasteiger partial charge in [0.1, 0.15) is 6.61 Å². The molecule has 10 nitrogen and oxygen atoms in total. The molecule has 2 atom stereocenters. The lowest BCUT2D eigenvalue weighted by atomic mass is 10.0. The summed E-state index contributed by atoms with van der Waals surface area (Å²) in [7, 11) is -2.31. The Morgan fingerprint density at radius 3 is 1.86 bits per heavy atom. The van der Waals surface area contributed by atoms with Gasteiger partial charge in [-0.05, 0) is 13.5 Å². The number of phosphoric ester groups is 1. The summed E-state index contributed by atoms with van der Waals surface area (Å²) in [6, 6.07) is 0. The summed E-state index contributed by atoms with van der Waals surface area (Å²) >= 11 is 0. The van der Waals surface area contributed by atoms with Gasteiger partial charge in [0.15, 0.2) is 6.10 Å². The minimum Gasteiger partial charge on any atom is -0.462 e. The van der Waals surface area contributed by atoms with Crippen LogP contribution in [-0.2, 0) is 37.3 Å². The topological polar surface area (TPSA) is 135 Å². The number of hydrogen-bond acceptors (Lipinski definition) is 10. The third-order valence-electron chi connectivity index (χ3n) is 5.81. The van der Waals surface area contributed by atoms with Gasteiger partial charge in [-0.2, -0.15) is 0 Å². The van der Waals surface area contributed by atoms with Crippen LogP contribution in [0, 0.1) is 0 Å². The van der Waals surface area contributed by atoms with E-state index in [2.05, 4.69) is 16.9 Å². The predicted octanol–water partition coefficient (Wildman–Crippen LogP) is 5.58. The van der Waals surface area contributed by atoms with Crippen LogP contribution in [0.4, 0.5) is 0 Å². The fourth-order valence-corrected chi connectivity index (χ4v) is 4.50. The lowest BCUT2D eigenvalue weighted by molar-refractivity contribution is -0.153. The van der Waals surface area contributed by atoms with Crippen molar-refractivity contribution in [2.75, 3.05) is 33.4 Å². The van der Waals surface area contributed by atoms with Crippen LogP contribution in [0.2, 0.25) is 0 Å². The number of nitrogens with one attached hydrogen (secondary N) is 1. The maximum Gasteiger partial charge on any atom is 0.491 e. The lowest BCUT2D eigenvalue weighted by Gasteiger charge is -2.19. The van der Waals surface area contributed by atoms with Gasteiger partial charge in [0.05, 0.1) is 13.2 Å². The zero-order valence-corrected chi connectivity index (χ0v) is 23.5. The summed E-state index contributed by atoms with van der Waals surface area (Å²) < 4.78 is 36.5. The SMILES string of the molecule is CCCCCCCCCCCCCCCCCC(=O)OCC(COP(=O)(ON)OCCNC)OC=O. The molecule has 0 aliphatic rings. The van der Waals surface area contributed by atoms with Crippen molar-refractivity contribution in [2.45, 2.75) is 116 Å². The van der Waals surface area contributed by atoms with Crippen LogP contribution >= 0.6 is 7.82 Å². The lowest BCUT2D eigenvalue weighted by Crippen LogP contribution is -2.27. The van der Waals surface area contributed by atoms with E-state index in [0.717, 1.165) is 19.3 Å². The van der Waals surface area contributed by atoms with E-state index in [1.807, 2.05) is 0 Å². The molecular formula is C25H51N2O8P. The van der Waals surface area contributed by atoms with Crippen LogP contribution in [-0.4, -0.2) is 52.0 Å². The Morgan fingerprint density at radius 1 is 0.861 bits per heavy atom. The highest BCUT2D eigenvalue weighted by Crippen LogP contribution is 2.47. The van der Waals surface area contributed by atoms with E-state index in [9.17, 15) is 14.2 Å². The first-order chi connectivity index (χ1) is 17.5. The molecule has 0 bridgehead atoms. The zero-order chi connectivity index (χ0) is 26.7. The normalized spacial score (nSPS) is 13.8. The number of ether oxygens (including phenoxy) is 2. The number of likely N-dealkylation sites (N-methyl/N-ethyl adjacent to an activating group) is 1. The van der Waals surface area contributed by atoms with Crippen molar-refractivity contribution in [1.29, 1.82) is 0 Å². The maximum absolute atomic E-state index is 12.2. The largest absolute Gasteiger partial charge is 0.491 e. The molecule has 0 aromatic heterocycles. The molecule has 214 valence electrons. The maximum atomic E-state index is 12.2. The molecule has 0 aromatic rings. The van der Waals surface area contributed by atoms with Crippen molar-refractivity contribution in [1.82, 2.24) is 5.32 Å². The second kappa shape index (κ2) is 25.6. The molecule has 2 unspecified atom stereocenters. The molecular weight excluding hydrogens is 487 g/mol. The van der Waals surface area contributed by atoms with Gasteiger partial charge in [0.25, 0.3) is 6.47 Å². The molecule has 36 heavy (non-hydrogen) atoms. The zero-order valence-electron chi connectivity index (χ0n) is 22.6. The number of carbonyl (C=O) groups is 2. The number of nitrogens with two attached hydrogens (primary N) is 1. The Balaban J connectivity index is 3.76. The Kier molecular flexibility index (Phi) is 24.9. The van der Waals surface area contributed by atoms with Crippen LogP contribution in [0.25, 0.3) is 0 Å². The highest BCUT2D eigenvalue weighted by molar-refractivity contribution is 7.48. The van der Waals surface area contributed by atoms with E-state index < -0.39 is 13.9 Å². The van der Waals surface area contributed by atoms with E-state index in [1.165, 1.54) is 77.0 Å². The minimum atomic E-state index is -4.00. The Morgan fingerprint density at radius 2 is 1.39 bits per heavy atom. The van der Waals surface area contributed by atoms with Crippen LogP contribution < -0.4 is 11.2 Å². The number of hydrogen-bond donors (Lipinski definition) is 2. The van der Waals surface area contributed by atoms with E-state index in [1.54, 1.807) is 7.05 Å². The summed E-state index contributed by atoms with van der Waals surface area (Å²) in [5, 5.41) is 2.80. The minimum absolute atomic E-state index is 0.0401. The van der Waals surface area contributed by atoms with Crippen molar-refractivity contribution >= 4 is 20.3 Å². The molecule has 0 spiro atoms. The van der Waals surface area contributed by atoms with Gasteiger partial charge in [-0.25, -0.2) is 15.1 Å². The summed E-state index contributed by atoms with van der Waals surface area (Å²) in [5.74, 6) is 4.61. The van der Waals surface area contributed by atoms with Crippen molar-refractivity contribution in [3.63, 3.8) is 0 Å². The molecule has 0 radical (unpaired) electrons. The first kappa shape index (κ1) is 35.0. The smallest absolute Gasteiger partial charge is 0.462 e. The van der Waals surface area contributed by atoms with Gasteiger partial charge in [0.2, 0.25) is 0 Å². The number of unbranched alkanes of at least 4 members (excludes halogenated alkanes) is 14. The van der Waals surface area contributed by atoms with Gasteiger partial charge < -0.3 is 14.8 Å². The molecule has 3 N–H and O–H groups in total. The first-order valence-corrected chi connectivity index (χ1v) is 15.1.